The van der Waals surface area contributed by atoms with Gasteiger partial charge >= 0.3 is 0 Å². The van der Waals surface area contributed by atoms with Crippen LogP contribution in [0.5, 0.6) is 0 Å². The first-order valence-electron chi connectivity index (χ1n) is 7.37. The highest BCUT2D eigenvalue weighted by Crippen LogP contribution is 2.27. The maximum Gasteiger partial charge on any atom is 0.245 e. The van der Waals surface area contributed by atoms with E-state index in [0.29, 0.717) is 5.69 Å². The fourth-order valence-corrected chi connectivity index (χ4v) is 3.71. The first-order chi connectivity index (χ1) is 11.6. The minimum absolute atomic E-state index is 0.232. The van der Waals surface area contributed by atoms with E-state index in [0.717, 1.165) is 21.7 Å². The molecule has 0 bridgehead atoms. The van der Waals surface area contributed by atoms with E-state index in [9.17, 15) is 13.2 Å². The summed E-state index contributed by atoms with van der Waals surface area (Å²) in [4.78, 5) is 12.4. The van der Waals surface area contributed by atoms with Crippen molar-refractivity contribution in [3.63, 3.8) is 0 Å². The predicted molar refractivity (Wildman–Crippen MR) is 103 cm³/mol. The molecule has 5 nitrogen and oxygen atoms in total. The lowest BCUT2D eigenvalue weighted by molar-refractivity contribution is -0.114. The number of nitrogens with one attached hydrogen (secondary N) is 1. The van der Waals surface area contributed by atoms with E-state index in [1.54, 1.807) is 6.07 Å². The van der Waals surface area contributed by atoms with E-state index >= 15 is 0 Å². The highest BCUT2D eigenvalue weighted by atomic mass is 35.5. The van der Waals surface area contributed by atoms with E-state index < -0.39 is 15.9 Å². The van der Waals surface area contributed by atoms with Crippen molar-refractivity contribution in [3.8, 4) is 0 Å². The molecule has 2 aromatic rings. The molecule has 0 heterocycles. The van der Waals surface area contributed by atoms with Crippen LogP contribution in [0.2, 0.25) is 10.0 Å². The van der Waals surface area contributed by atoms with Crippen LogP contribution in [0.4, 0.5) is 11.4 Å². The quantitative estimate of drug-likeness (QED) is 0.823. The van der Waals surface area contributed by atoms with Crippen LogP contribution >= 0.6 is 23.2 Å². The molecule has 1 amide bonds. The molecule has 0 aliphatic heterocycles. The van der Waals surface area contributed by atoms with Gasteiger partial charge in [0.05, 0.1) is 11.9 Å². The van der Waals surface area contributed by atoms with Gasteiger partial charge in [-0.05, 0) is 43.7 Å². The zero-order valence-electron chi connectivity index (χ0n) is 14.0. The minimum atomic E-state index is -3.70. The summed E-state index contributed by atoms with van der Waals surface area (Å²) in [6.45, 7) is 3.43. The average molecular weight is 401 g/mol. The Bertz CT molecular complexity index is 894. The van der Waals surface area contributed by atoms with Gasteiger partial charge in [-0.2, -0.15) is 0 Å². The van der Waals surface area contributed by atoms with Gasteiger partial charge in [0.25, 0.3) is 0 Å². The molecule has 0 saturated carbocycles. The minimum Gasteiger partial charge on any atom is -0.324 e. The molecule has 8 heteroatoms. The number of benzene rings is 2. The normalized spacial score (nSPS) is 11.2. The summed E-state index contributed by atoms with van der Waals surface area (Å²) in [7, 11) is -3.70. The third kappa shape index (κ3) is 5.36. The smallest absolute Gasteiger partial charge is 0.245 e. The molecule has 0 fully saturated rings. The van der Waals surface area contributed by atoms with Gasteiger partial charge in [-0.3, -0.25) is 9.10 Å². The zero-order chi connectivity index (χ0) is 18.8. The molecule has 0 aromatic heterocycles. The first kappa shape index (κ1) is 19.6. The summed E-state index contributed by atoms with van der Waals surface area (Å²) in [5.41, 5.74) is 2.83. The Balaban J connectivity index is 2.27. The van der Waals surface area contributed by atoms with Gasteiger partial charge < -0.3 is 5.32 Å². The Kier molecular flexibility index (Phi) is 5.98. The van der Waals surface area contributed by atoms with Crippen LogP contribution in [0.15, 0.2) is 36.4 Å². The van der Waals surface area contributed by atoms with E-state index in [1.165, 1.54) is 18.2 Å². The van der Waals surface area contributed by atoms with Gasteiger partial charge in [-0.25, -0.2) is 8.42 Å². The standard InChI is InChI=1S/C17H18Cl2N2O3S/c1-11-4-5-16(12(2)6-11)20-17(22)10-21(25(3,23)24)15-8-13(18)7-14(19)9-15/h4-9H,10H2,1-3H3,(H,20,22). The number of rotatable bonds is 5. The van der Waals surface area contributed by atoms with Gasteiger partial charge in [0.15, 0.2) is 0 Å². The third-order valence-corrected chi connectivity index (χ3v) is 5.06. The van der Waals surface area contributed by atoms with Crippen LogP contribution in [0.25, 0.3) is 0 Å². The van der Waals surface area contributed by atoms with E-state index in [2.05, 4.69) is 5.32 Å². The van der Waals surface area contributed by atoms with Gasteiger partial charge in [-0.1, -0.05) is 40.9 Å². The molecule has 0 unspecified atom stereocenters. The van der Waals surface area contributed by atoms with Crippen molar-refractivity contribution in [3.05, 3.63) is 57.6 Å². The second-order valence-electron chi connectivity index (χ2n) is 5.76. The molecule has 0 radical (unpaired) electrons. The molecule has 134 valence electrons. The van der Waals surface area contributed by atoms with E-state index in [4.69, 9.17) is 23.2 Å². The van der Waals surface area contributed by atoms with Crippen molar-refractivity contribution in [2.75, 3.05) is 22.4 Å². The SMILES string of the molecule is Cc1ccc(NC(=O)CN(c2cc(Cl)cc(Cl)c2)S(C)(=O)=O)c(C)c1. The van der Waals surface area contributed by atoms with Gasteiger partial charge in [-0.15, -0.1) is 0 Å². The fourth-order valence-electron chi connectivity index (χ4n) is 2.36. The van der Waals surface area contributed by atoms with Crippen molar-refractivity contribution in [2.24, 2.45) is 0 Å². The number of sulfonamides is 1. The molecule has 2 rings (SSSR count). The average Bonchev–Trinajstić information content (AvgIpc) is 2.45. The lowest BCUT2D eigenvalue weighted by Gasteiger charge is -2.22. The van der Waals surface area contributed by atoms with Crippen LogP contribution in [0.3, 0.4) is 0 Å². The molecule has 25 heavy (non-hydrogen) atoms. The Morgan fingerprint density at radius 2 is 1.68 bits per heavy atom. The molecule has 2 aromatic carbocycles. The van der Waals surface area contributed by atoms with Gasteiger partial charge in [0.1, 0.15) is 6.54 Å². The monoisotopic (exact) mass is 400 g/mol. The Hall–Kier alpha value is -1.76. The molecular formula is C17H18Cl2N2O3S. The number of amides is 1. The maximum absolute atomic E-state index is 12.4. The maximum atomic E-state index is 12.4. The van der Waals surface area contributed by atoms with Crippen LogP contribution < -0.4 is 9.62 Å². The molecule has 0 saturated heterocycles. The van der Waals surface area contributed by atoms with Crippen LogP contribution in [0, 0.1) is 13.8 Å². The second-order valence-corrected chi connectivity index (χ2v) is 8.54. The topological polar surface area (TPSA) is 66.5 Å². The highest BCUT2D eigenvalue weighted by molar-refractivity contribution is 7.92. The van der Waals surface area contributed by atoms with E-state index in [1.807, 2.05) is 26.0 Å². The molecule has 0 aliphatic carbocycles. The summed E-state index contributed by atoms with van der Waals surface area (Å²) in [5.74, 6) is -0.464. The van der Waals surface area contributed by atoms with Crippen molar-refractivity contribution in [1.82, 2.24) is 0 Å². The number of hydrogen-bond donors (Lipinski definition) is 1. The zero-order valence-corrected chi connectivity index (χ0v) is 16.3. The van der Waals surface area contributed by atoms with Crippen molar-refractivity contribution < 1.29 is 13.2 Å². The number of halogens is 2. The van der Waals surface area contributed by atoms with Crippen LogP contribution in [-0.4, -0.2) is 27.1 Å². The van der Waals surface area contributed by atoms with Crippen LogP contribution in [-0.2, 0) is 14.8 Å². The Morgan fingerprint density at radius 3 is 2.20 bits per heavy atom. The second kappa shape index (κ2) is 7.64. The lowest BCUT2D eigenvalue weighted by Crippen LogP contribution is -2.37. The van der Waals surface area contributed by atoms with Crippen molar-refractivity contribution >= 4 is 50.5 Å². The summed E-state index contributed by atoms with van der Waals surface area (Å²) in [5, 5.41) is 3.29. The van der Waals surface area contributed by atoms with Crippen molar-refractivity contribution in [2.45, 2.75) is 13.8 Å². The number of carbonyl (C=O) groups is 1. The van der Waals surface area contributed by atoms with Crippen molar-refractivity contribution in [1.29, 1.82) is 0 Å². The third-order valence-electron chi connectivity index (χ3n) is 3.48. The lowest BCUT2D eigenvalue weighted by atomic mass is 10.1. The van der Waals surface area contributed by atoms with Crippen LogP contribution in [0.1, 0.15) is 11.1 Å². The number of aryl methyl sites for hydroxylation is 2. The summed E-state index contributed by atoms with van der Waals surface area (Å²) in [6, 6.07) is 9.96. The summed E-state index contributed by atoms with van der Waals surface area (Å²) < 4.78 is 25.2. The first-order valence-corrected chi connectivity index (χ1v) is 9.97. The summed E-state index contributed by atoms with van der Waals surface area (Å²) >= 11 is 11.9. The number of carbonyl (C=O) groups excluding carboxylic acids is 1. The number of nitrogens with zero attached hydrogens (tertiary/aromatic N) is 1. The number of hydrogen-bond acceptors (Lipinski definition) is 3. The van der Waals surface area contributed by atoms with Gasteiger partial charge in [0.2, 0.25) is 15.9 Å². The Morgan fingerprint density at radius 1 is 1.08 bits per heavy atom. The molecule has 0 spiro atoms. The largest absolute Gasteiger partial charge is 0.324 e. The molecule has 0 aliphatic rings. The summed E-state index contributed by atoms with van der Waals surface area (Å²) in [6.07, 6.45) is 1.02. The molecule has 0 atom stereocenters. The number of anilines is 2. The van der Waals surface area contributed by atoms with E-state index in [-0.39, 0.29) is 22.3 Å². The highest BCUT2D eigenvalue weighted by Gasteiger charge is 2.22. The molecular weight excluding hydrogens is 383 g/mol. The van der Waals surface area contributed by atoms with Gasteiger partial charge in [0, 0.05) is 15.7 Å². The fraction of sp³-hybridized carbons (Fsp3) is 0.235. The molecule has 1 N–H and O–H groups in total. The Labute approximate surface area is 157 Å². The predicted octanol–water partition coefficient (Wildman–Crippen LogP) is 4.01.